The van der Waals surface area contributed by atoms with Crippen molar-refractivity contribution < 1.29 is 5.11 Å². The minimum Gasteiger partial charge on any atom is -0.506 e. The Balaban J connectivity index is 3.02. The summed E-state index contributed by atoms with van der Waals surface area (Å²) in [6.45, 7) is 4.08. The molecule has 0 unspecified atom stereocenters. The summed E-state index contributed by atoms with van der Waals surface area (Å²) < 4.78 is 0.800. The Kier molecular flexibility index (Phi) is 2.23. The second-order valence-electron chi connectivity index (χ2n) is 3.46. The van der Waals surface area contributed by atoms with Crippen LogP contribution in [0, 0.1) is 13.8 Å². The molecule has 0 radical (unpaired) electrons. The molecule has 0 heterocycles. The van der Waals surface area contributed by atoms with Crippen molar-refractivity contribution in [3.8, 4) is 5.75 Å². The Bertz CT molecular complexity index is 457. The fourth-order valence-corrected chi connectivity index (χ4v) is 2.19. The highest BCUT2D eigenvalue weighted by Crippen LogP contribution is 2.37. The third kappa shape index (κ3) is 1.22. The van der Waals surface area contributed by atoms with Gasteiger partial charge in [0.2, 0.25) is 0 Å². The Morgan fingerprint density at radius 3 is 2.21 bits per heavy atom. The zero-order valence-electron chi connectivity index (χ0n) is 8.13. The molecule has 0 aliphatic heterocycles. The van der Waals surface area contributed by atoms with Crippen molar-refractivity contribution in [2.45, 2.75) is 13.8 Å². The van der Waals surface area contributed by atoms with Gasteiger partial charge in [-0.2, -0.15) is 0 Å². The lowest BCUT2D eigenvalue weighted by atomic mass is 10.0. The van der Waals surface area contributed by atoms with Crippen LogP contribution < -0.4 is 0 Å². The number of aromatic hydroxyl groups is 1. The third-order valence-corrected chi connectivity index (χ3v) is 3.66. The number of aryl methyl sites for hydroxylation is 1. The minimum absolute atomic E-state index is 0.337. The molecule has 14 heavy (non-hydrogen) atoms. The Hall–Kier alpha value is -1.02. The number of hydrogen-bond acceptors (Lipinski definition) is 1. The van der Waals surface area contributed by atoms with Crippen LogP contribution in [0.25, 0.3) is 10.8 Å². The summed E-state index contributed by atoms with van der Waals surface area (Å²) in [5.41, 5.74) is 2.31. The number of halogens is 1. The van der Waals surface area contributed by atoms with Crippen LogP contribution in [0.15, 0.2) is 28.7 Å². The first-order valence-electron chi connectivity index (χ1n) is 4.49. The molecule has 0 aliphatic rings. The van der Waals surface area contributed by atoms with E-state index in [2.05, 4.69) is 22.9 Å². The van der Waals surface area contributed by atoms with E-state index < -0.39 is 0 Å². The lowest BCUT2D eigenvalue weighted by molar-refractivity contribution is 0.477. The minimum atomic E-state index is 0.337. The number of fused-ring (bicyclic) bond motifs is 1. The van der Waals surface area contributed by atoms with Gasteiger partial charge in [0, 0.05) is 5.39 Å². The highest BCUT2D eigenvalue weighted by atomic mass is 79.9. The number of benzene rings is 2. The van der Waals surface area contributed by atoms with E-state index in [4.69, 9.17) is 0 Å². The molecule has 2 aromatic rings. The fourth-order valence-electron chi connectivity index (χ4n) is 1.68. The van der Waals surface area contributed by atoms with E-state index in [0.717, 1.165) is 20.8 Å². The number of phenols is 1. The molecule has 72 valence electrons. The SMILES string of the molecule is Cc1c(Br)c(O)c2ccccc2c1C. The maximum absolute atomic E-state index is 9.92. The molecule has 0 amide bonds. The summed E-state index contributed by atoms with van der Waals surface area (Å²) >= 11 is 3.40. The highest BCUT2D eigenvalue weighted by Gasteiger charge is 2.10. The van der Waals surface area contributed by atoms with Crippen LogP contribution in [0.4, 0.5) is 0 Å². The molecule has 0 bridgehead atoms. The molecule has 2 heteroatoms. The molecule has 0 fully saturated rings. The predicted octanol–water partition coefficient (Wildman–Crippen LogP) is 3.92. The fraction of sp³-hybridized carbons (Fsp3) is 0.167. The van der Waals surface area contributed by atoms with Gasteiger partial charge in [0.1, 0.15) is 5.75 Å². The zero-order chi connectivity index (χ0) is 10.3. The van der Waals surface area contributed by atoms with Crippen LogP contribution in [-0.4, -0.2) is 5.11 Å². The van der Waals surface area contributed by atoms with Gasteiger partial charge in [-0.3, -0.25) is 0 Å². The summed E-state index contributed by atoms with van der Waals surface area (Å²) in [6, 6.07) is 7.89. The molecule has 0 saturated heterocycles. The van der Waals surface area contributed by atoms with Crippen LogP contribution in [0.3, 0.4) is 0 Å². The van der Waals surface area contributed by atoms with Crippen molar-refractivity contribution in [1.82, 2.24) is 0 Å². The predicted molar refractivity (Wildman–Crippen MR) is 62.8 cm³/mol. The Labute approximate surface area is 91.5 Å². The van der Waals surface area contributed by atoms with Gasteiger partial charge in [-0.05, 0) is 46.3 Å². The molecule has 0 aliphatic carbocycles. The average Bonchev–Trinajstić information content (AvgIpc) is 2.23. The second-order valence-corrected chi connectivity index (χ2v) is 4.25. The normalized spacial score (nSPS) is 10.8. The van der Waals surface area contributed by atoms with Crippen molar-refractivity contribution in [3.63, 3.8) is 0 Å². The number of hydrogen-bond donors (Lipinski definition) is 1. The summed E-state index contributed by atoms with van der Waals surface area (Å²) in [5.74, 6) is 0.337. The van der Waals surface area contributed by atoms with Gasteiger partial charge in [0.15, 0.2) is 0 Å². The first-order valence-corrected chi connectivity index (χ1v) is 5.28. The number of phenolic OH excluding ortho intramolecular Hbond substituents is 1. The molecular weight excluding hydrogens is 240 g/mol. The van der Waals surface area contributed by atoms with E-state index in [1.165, 1.54) is 5.56 Å². The summed E-state index contributed by atoms with van der Waals surface area (Å²) in [7, 11) is 0. The van der Waals surface area contributed by atoms with E-state index in [1.807, 2.05) is 31.2 Å². The molecule has 0 saturated carbocycles. The smallest absolute Gasteiger partial charge is 0.137 e. The van der Waals surface area contributed by atoms with Crippen LogP contribution in [0.1, 0.15) is 11.1 Å². The first kappa shape index (κ1) is 9.53. The molecule has 1 N–H and O–H groups in total. The van der Waals surface area contributed by atoms with Gasteiger partial charge in [-0.15, -0.1) is 0 Å². The maximum Gasteiger partial charge on any atom is 0.137 e. The van der Waals surface area contributed by atoms with Gasteiger partial charge < -0.3 is 5.11 Å². The van der Waals surface area contributed by atoms with Crippen molar-refractivity contribution >= 4 is 26.7 Å². The second kappa shape index (κ2) is 3.28. The van der Waals surface area contributed by atoms with Gasteiger partial charge in [0.25, 0.3) is 0 Å². The van der Waals surface area contributed by atoms with Crippen molar-refractivity contribution in [2.24, 2.45) is 0 Å². The van der Waals surface area contributed by atoms with Crippen molar-refractivity contribution in [2.75, 3.05) is 0 Å². The molecule has 1 nitrogen and oxygen atoms in total. The van der Waals surface area contributed by atoms with E-state index in [9.17, 15) is 5.11 Å². The van der Waals surface area contributed by atoms with E-state index >= 15 is 0 Å². The quantitative estimate of drug-likeness (QED) is 0.752. The third-order valence-electron chi connectivity index (χ3n) is 2.69. The topological polar surface area (TPSA) is 20.2 Å². The summed E-state index contributed by atoms with van der Waals surface area (Å²) in [4.78, 5) is 0. The van der Waals surface area contributed by atoms with Crippen molar-refractivity contribution in [1.29, 1.82) is 0 Å². The molecule has 2 rings (SSSR count). The van der Waals surface area contributed by atoms with E-state index in [0.29, 0.717) is 5.75 Å². The van der Waals surface area contributed by atoms with Crippen LogP contribution in [-0.2, 0) is 0 Å². The molecular formula is C12H11BrO. The summed E-state index contributed by atoms with van der Waals surface area (Å²) in [5, 5.41) is 11.9. The first-order chi connectivity index (χ1) is 6.63. The van der Waals surface area contributed by atoms with E-state index in [1.54, 1.807) is 0 Å². The lowest BCUT2D eigenvalue weighted by Gasteiger charge is -2.10. The highest BCUT2D eigenvalue weighted by molar-refractivity contribution is 9.10. The zero-order valence-corrected chi connectivity index (χ0v) is 9.72. The average molecular weight is 251 g/mol. The van der Waals surface area contributed by atoms with Gasteiger partial charge in [-0.25, -0.2) is 0 Å². The van der Waals surface area contributed by atoms with Gasteiger partial charge in [-0.1, -0.05) is 24.3 Å². The van der Waals surface area contributed by atoms with E-state index in [-0.39, 0.29) is 0 Å². The molecule has 0 atom stereocenters. The van der Waals surface area contributed by atoms with Crippen LogP contribution in [0.5, 0.6) is 5.75 Å². The Morgan fingerprint density at radius 1 is 1.00 bits per heavy atom. The number of rotatable bonds is 0. The van der Waals surface area contributed by atoms with Crippen LogP contribution >= 0.6 is 15.9 Å². The standard InChI is InChI=1S/C12H11BrO/c1-7-8(2)11(13)12(14)10-6-4-3-5-9(7)10/h3-6,14H,1-2H3. The van der Waals surface area contributed by atoms with Crippen molar-refractivity contribution in [3.05, 3.63) is 39.9 Å². The Morgan fingerprint density at radius 2 is 1.57 bits per heavy atom. The summed E-state index contributed by atoms with van der Waals surface area (Å²) in [6.07, 6.45) is 0. The van der Waals surface area contributed by atoms with Gasteiger partial charge in [0.05, 0.1) is 4.47 Å². The monoisotopic (exact) mass is 250 g/mol. The molecule has 0 aromatic heterocycles. The molecule has 0 spiro atoms. The maximum atomic E-state index is 9.92. The largest absolute Gasteiger partial charge is 0.506 e. The van der Waals surface area contributed by atoms with Gasteiger partial charge >= 0.3 is 0 Å². The van der Waals surface area contributed by atoms with Crippen LogP contribution in [0.2, 0.25) is 0 Å². The lowest BCUT2D eigenvalue weighted by Crippen LogP contribution is -1.87. The molecule has 2 aromatic carbocycles.